The van der Waals surface area contributed by atoms with E-state index in [0.717, 1.165) is 23.4 Å². The summed E-state index contributed by atoms with van der Waals surface area (Å²) >= 11 is 5.72. The van der Waals surface area contributed by atoms with Crippen LogP contribution in [0.25, 0.3) is 0 Å². The molecule has 1 aliphatic rings. The zero-order valence-electron chi connectivity index (χ0n) is 14.9. The first-order valence-electron chi connectivity index (χ1n) is 8.32. The Morgan fingerprint density at radius 2 is 1.85 bits per heavy atom. The van der Waals surface area contributed by atoms with E-state index in [0.29, 0.717) is 24.5 Å². The second kappa shape index (κ2) is 7.43. The third-order valence-corrected chi connectivity index (χ3v) is 6.69. The predicted molar refractivity (Wildman–Crippen MR) is 101 cm³/mol. The molecule has 0 amide bonds. The van der Waals surface area contributed by atoms with Gasteiger partial charge >= 0.3 is 0 Å². The summed E-state index contributed by atoms with van der Waals surface area (Å²) < 4.78 is 40.2. The van der Waals surface area contributed by atoms with Gasteiger partial charge in [0.2, 0.25) is 10.0 Å². The minimum absolute atomic E-state index is 0.0374. The molecule has 0 spiro atoms. The average molecular weight is 409 g/mol. The molecule has 1 aromatic carbocycles. The van der Waals surface area contributed by atoms with E-state index in [2.05, 4.69) is 11.1 Å². The number of hydrogen-bond acceptors (Lipinski definition) is 5. The van der Waals surface area contributed by atoms with Crippen molar-refractivity contribution in [2.45, 2.75) is 18.7 Å². The summed E-state index contributed by atoms with van der Waals surface area (Å²) in [5.74, 6) is -0.0813. The molecular formula is C18H18ClFN4O2S. The Bertz CT molecular complexity index is 1030. The van der Waals surface area contributed by atoms with Gasteiger partial charge in [-0.05, 0) is 43.7 Å². The van der Waals surface area contributed by atoms with E-state index >= 15 is 0 Å². The number of aryl methyl sites for hydroxylation is 2. The van der Waals surface area contributed by atoms with Crippen molar-refractivity contribution in [2.24, 2.45) is 0 Å². The Morgan fingerprint density at radius 3 is 2.44 bits per heavy atom. The first-order chi connectivity index (χ1) is 12.7. The number of nitriles is 1. The van der Waals surface area contributed by atoms with Crippen molar-refractivity contribution in [3.05, 3.63) is 51.9 Å². The lowest BCUT2D eigenvalue weighted by atomic mass is 10.1. The van der Waals surface area contributed by atoms with Gasteiger partial charge in [0.05, 0.1) is 15.5 Å². The van der Waals surface area contributed by atoms with Crippen LogP contribution in [0.5, 0.6) is 0 Å². The molecule has 6 nitrogen and oxygen atoms in total. The first-order valence-corrected chi connectivity index (χ1v) is 10.1. The lowest BCUT2D eigenvalue weighted by molar-refractivity contribution is 0.383. The summed E-state index contributed by atoms with van der Waals surface area (Å²) in [6.45, 7) is 4.98. The summed E-state index contributed by atoms with van der Waals surface area (Å²) in [6.07, 6.45) is 0. The number of piperazine rings is 1. The van der Waals surface area contributed by atoms with Gasteiger partial charge in [-0.15, -0.1) is 0 Å². The van der Waals surface area contributed by atoms with Gasteiger partial charge < -0.3 is 4.90 Å². The normalized spacial score (nSPS) is 15.6. The maximum absolute atomic E-state index is 13.3. The van der Waals surface area contributed by atoms with Gasteiger partial charge in [-0.1, -0.05) is 11.6 Å². The molecule has 0 radical (unpaired) electrons. The first kappa shape index (κ1) is 19.5. The third-order valence-electron chi connectivity index (χ3n) is 4.50. The summed E-state index contributed by atoms with van der Waals surface area (Å²) in [5.41, 5.74) is 2.15. The number of benzene rings is 1. The lowest BCUT2D eigenvalue weighted by Gasteiger charge is -2.35. The molecule has 0 bridgehead atoms. The van der Waals surface area contributed by atoms with Crippen molar-refractivity contribution >= 4 is 27.4 Å². The highest BCUT2D eigenvalue weighted by atomic mass is 35.5. The van der Waals surface area contributed by atoms with Gasteiger partial charge in [-0.25, -0.2) is 17.8 Å². The van der Waals surface area contributed by atoms with Crippen molar-refractivity contribution in [1.29, 1.82) is 5.26 Å². The molecule has 1 fully saturated rings. The molecule has 1 aromatic heterocycles. The van der Waals surface area contributed by atoms with Crippen LogP contribution in [0.2, 0.25) is 5.02 Å². The van der Waals surface area contributed by atoms with Crippen LogP contribution in [-0.2, 0) is 10.0 Å². The highest BCUT2D eigenvalue weighted by Crippen LogP contribution is 2.26. The number of hydrogen-bond donors (Lipinski definition) is 0. The highest BCUT2D eigenvalue weighted by molar-refractivity contribution is 7.89. The smallest absolute Gasteiger partial charge is 0.243 e. The van der Waals surface area contributed by atoms with Gasteiger partial charge in [0.15, 0.2) is 0 Å². The fourth-order valence-electron chi connectivity index (χ4n) is 3.11. The Labute approximate surface area is 162 Å². The number of nitrogens with zero attached hydrogens (tertiary/aromatic N) is 4. The largest absolute Gasteiger partial charge is 0.353 e. The summed E-state index contributed by atoms with van der Waals surface area (Å²) in [5, 5.41) is 9.20. The minimum Gasteiger partial charge on any atom is -0.353 e. The van der Waals surface area contributed by atoms with Crippen molar-refractivity contribution in [3.63, 3.8) is 0 Å². The predicted octanol–water partition coefficient (Wildman–Crippen LogP) is 2.87. The molecule has 0 N–H and O–H groups in total. The minimum atomic E-state index is -3.77. The molecule has 2 heterocycles. The topological polar surface area (TPSA) is 77.3 Å². The maximum Gasteiger partial charge on any atom is 0.243 e. The van der Waals surface area contributed by atoms with Gasteiger partial charge in [0.25, 0.3) is 0 Å². The van der Waals surface area contributed by atoms with E-state index in [1.54, 1.807) is 0 Å². The van der Waals surface area contributed by atoms with Gasteiger partial charge in [-0.3, -0.25) is 0 Å². The SMILES string of the molecule is Cc1cc(C)c(C#N)c(N2CCN(S(=O)(=O)c3ccc(F)c(Cl)c3)CC2)n1. The van der Waals surface area contributed by atoms with Crippen molar-refractivity contribution in [2.75, 3.05) is 31.1 Å². The van der Waals surface area contributed by atoms with Gasteiger partial charge in [0, 0.05) is 31.9 Å². The Hall–Kier alpha value is -2.21. The molecule has 142 valence electrons. The third kappa shape index (κ3) is 3.76. The van der Waals surface area contributed by atoms with E-state index in [9.17, 15) is 18.1 Å². The zero-order chi connectivity index (χ0) is 19.8. The molecule has 0 saturated carbocycles. The zero-order valence-corrected chi connectivity index (χ0v) is 16.5. The van der Waals surface area contributed by atoms with Crippen molar-refractivity contribution in [1.82, 2.24) is 9.29 Å². The number of rotatable bonds is 3. The van der Waals surface area contributed by atoms with E-state index in [1.807, 2.05) is 24.8 Å². The molecule has 0 atom stereocenters. The number of halogens is 2. The fourth-order valence-corrected chi connectivity index (χ4v) is 4.80. The van der Waals surface area contributed by atoms with E-state index in [-0.39, 0.29) is 23.0 Å². The molecule has 3 rings (SSSR count). The van der Waals surface area contributed by atoms with E-state index in [1.165, 1.54) is 10.4 Å². The Kier molecular flexibility index (Phi) is 5.38. The standard InChI is InChI=1S/C18H18ClFN4O2S/c1-12-9-13(2)22-18(15(12)11-21)23-5-7-24(8-6-23)27(25,26)14-3-4-17(20)16(19)10-14/h3-4,9-10H,5-8H2,1-2H3. The van der Waals surface area contributed by atoms with Crippen LogP contribution >= 0.6 is 11.6 Å². The highest BCUT2D eigenvalue weighted by Gasteiger charge is 2.30. The number of pyridine rings is 1. The van der Waals surface area contributed by atoms with Crippen molar-refractivity contribution < 1.29 is 12.8 Å². The summed E-state index contributed by atoms with van der Waals surface area (Å²) in [6, 6.07) is 7.41. The van der Waals surface area contributed by atoms with Crippen LogP contribution in [-0.4, -0.2) is 43.9 Å². The quantitative estimate of drug-likeness (QED) is 0.780. The monoisotopic (exact) mass is 408 g/mol. The van der Waals surface area contributed by atoms with Crippen LogP contribution in [0.3, 0.4) is 0 Å². The van der Waals surface area contributed by atoms with Crippen LogP contribution in [0, 0.1) is 31.0 Å². The molecule has 2 aromatic rings. The Morgan fingerprint density at radius 1 is 1.19 bits per heavy atom. The molecular weight excluding hydrogens is 391 g/mol. The van der Waals surface area contributed by atoms with Crippen LogP contribution in [0.4, 0.5) is 10.2 Å². The lowest BCUT2D eigenvalue weighted by Crippen LogP contribution is -2.49. The summed E-state index contributed by atoms with van der Waals surface area (Å²) in [4.78, 5) is 6.35. The molecule has 27 heavy (non-hydrogen) atoms. The summed E-state index contributed by atoms with van der Waals surface area (Å²) in [7, 11) is -3.77. The van der Waals surface area contributed by atoms with Crippen LogP contribution in [0.15, 0.2) is 29.2 Å². The molecule has 1 saturated heterocycles. The number of sulfonamides is 1. The van der Waals surface area contributed by atoms with Gasteiger partial charge in [-0.2, -0.15) is 9.57 Å². The van der Waals surface area contributed by atoms with Crippen LogP contribution in [0.1, 0.15) is 16.8 Å². The second-order valence-corrected chi connectivity index (χ2v) is 8.70. The number of anilines is 1. The van der Waals surface area contributed by atoms with Gasteiger partial charge in [0.1, 0.15) is 17.7 Å². The second-order valence-electron chi connectivity index (χ2n) is 6.36. The Balaban J connectivity index is 1.81. The fraction of sp³-hybridized carbons (Fsp3) is 0.333. The molecule has 1 aliphatic heterocycles. The number of aromatic nitrogens is 1. The maximum atomic E-state index is 13.3. The molecule has 9 heteroatoms. The van der Waals surface area contributed by atoms with Crippen molar-refractivity contribution in [3.8, 4) is 6.07 Å². The molecule has 0 aliphatic carbocycles. The van der Waals surface area contributed by atoms with E-state index in [4.69, 9.17) is 11.6 Å². The average Bonchev–Trinajstić information content (AvgIpc) is 2.63. The molecule has 0 unspecified atom stereocenters. The van der Waals surface area contributed by atoms with E-state index < -0.39 is 15.8 Å². The van der Waals surface area contributed by atoms with Crippen LogP contribution < -0.4 is 4.90 Å².